The first-order valence-electron chi connectivity index (χ1n) is 5.20. The highest BCUT2D eigenvalue weighted by atomic mass is 16.5. The van der Waals surface area contributed by atoms with Gasteiger partial charge in [0.05, 0.1) is 12.7 Å². The quantitative estimate of drug-likeness (QED) is 0.447. The summed E-state index contributed by atoms with van der Waals surface area (Å²) in [5.41, 5.74) is 0.151. The summed E-state index contributed by atoms with van der Waals surface area (Å²) in [6, 6.07) is 0. The fourth-order valence-electron chi connectivity index (χ4n) is 1.43. The lowest BCUT2D eigenvalue weighted by Crippen LogP contribution is -2.37. The van der Waals surface area contributed by atoms with Gasteiger partial charge in [-0.2, -0.15) is 0 Å². The minimum Gasteiger partial charge on any atom is -0.465 e. The zero-order valence-electron chi connectivity index (χ0n) is 9.69. The summed E-state index contributed by atoms with van der Waals surface area (Å²) in [6.07, 6.45) is 5.61. The van der Waals surface area contributed by atoms with Crippen LogP contribution in [0, 0.1) is 0 Å². The number of methoxy groups -OCH3 is 1. The molecule has 88 valence electrons. The summed E-state index contributed by atoms with van der Waals surface area (Å²) in [6.45, 7) is 5.35. The lowest BCUT2D eigenvalue weighted by Gasteiger charge is -2.37. The molecule has 16 heavy (non-hydrogen) atoms. The van der Waals surface area contributed by atoms with E-state index in [2.05, 4.69) is 16.3 Å². The SMILES string of the molecule is C=C(/C=C\N=C(C)C(=O)OC)C1(O)CCC1. The van der Waals surface area contributed by atoms with Crippen molar-refractivity contribution >= 4 is 11.7 Å². The third-order valence-electron chi connectivity index (χ3n) is 2.80. The average Bonchev–Trinajstić information content (AvgIpc) is 2.24. The van der Waals surface area contributed by atoms with Gasteiger partial charge in [0.2, 0.25) is 0 Å². The lowest BCUT2D eigenvalue weighted by molar-refractivity contribution is -0.132. The van der Waals surface area contributed by atoms with Crippen molar-refractivity contribution < 1.29 is 14.6 Å². The van der Waals surface area contributed by atoms with Crippen LogP contribution in [-0.2, 0) is 9.53 Å². The molecular weight excluding hydrogens is 206 g/mol. The van der Waals surface area contributed by atoms with Gasteiger partial charge < -0.3 is 9.84 Å². The highest BCUT2D eigenvalue weighted by molar-refractivity contribution is 6.35. The smallest absolute Gasteiger partial charge is 0.352 e. The fraction of sp³-hybridized carbons (Fsp3) is 0.500. The summed E-state index contributed by atoms with van der Waals surface area (Å²) < 4.78 is 4.49. The summed E-state index contributed by atoms with van der Waals surface area (Å²) in [4.78, 5) is 14.9. The number of nitrogens with zero attached hydrogens (tertiary/aromatic N) is 1. The lowest BCUT2D eigenvalue weighted by atomic mass is 9.75. The second kappa shape index (κ2) is 5.07. The van der Waals surface area contributed by atoms with Gasteiger partial charge in [0.1, 0.15) is 5.71 Å². The van der Waals surface area contributed by atoms with Gasteiger partial charge in [-0.1, -0.05) is 6.58 Å². The molecule has 0 unspecified atom stereocenters. The Hall–Kier alpha value is -1.42. The molecule has 1 aliphatic rings. The average molecular weight is 223 g/mol. The standard InChI is InChI=1S/C12H17NO3/c1-9(12(15)6-4-7-12)5-8-13-10(2)11(14)16-3/h5,8,15H,1,4,6-7H2,2-3H3/b8-5-,13-10?. The maximum absolute atomic E-state index is 11.0. The molecule has 0 aromatic rings. The van der Waals surface area contributed by atoms with Gasteiger partial charge in [0, 0.05) is 6.20 Å². The van der Waals surface area contributed by atoms with Gasteiger partial charge in [-0.25, -0.2) is 4.79 Å². The normalized spacial score (nSPS) is 19.3. The summed E-state index contributed by atoms with van der Waals surface area (Å²) in [7, 11) is 1.31. The molecule has 0 amide bonds. The molecule has 0 bridgehead atoms. The van der Waals surface area contributed by atoms with Crippen LogP contribution in [0.3, 0.4) is 0 Å². The number of carbonyl (C=O) groups excluding carboxylic acids is 1. The molecule has 0 atom stereocenters. The fourth-order valence-corrected chi connectivity index (χ4v) is 1.43. The first-order valence-corrected chi connectivity index (χ1v) is 5.20. The number of ether oxygens (including phenoxy) is 1. The molecule has 0 spiro atoms. The number of esters is 1. The second-order valence-corrected chi connectivity index (χ2v) is 3.93. The van der Waals surface area contributed by atoms with Crippen LogP contribution in [0.25, 0.3) is 0 Å². The molecule has 1 N–H and O–H groups in total. The number of aliphatic hydroxyl groups is 1. The number of hydrogen-bond donors (Lipinski definition) is 1. The highest BCUT2D eigenvalue weighted by Gasteiger charge is 2.35. The van der Waals surface area contributed by atoms with Crippen molar-refractivity contribution in [3.63, 3.8) is 0 Å². The Kier molecular flexibility index (Phi) is 4.01. The minimum absolute atomic E-state index is 0.271. The van der Waals surface area contributed by atoms with Gasteiger partial charge in [-0.05, 0) is 37.8 Å². The van der Waals surface area contributed by atoms with Crippen molar-refractivity contribution in [2.24, 2.45) is 4.99 Å². The van der Waals surface area contributed by atoms with Crippen LogP contribution in [0.2, 0.25) is 0 Å². The van der Waals surface area contributed by atoms with Crippen molar-refractivity contribution in [1.29, 1.82) is 0 Å². The van der Waals surface area contributed by atoms with E-state index in [4.69, 9.17) is 0 Å². The zero-order chi connectivity index (χ0) is 12.2. The van der Waals surface area contributed by atoms with Crippen LogP contribution >= 0.6 is 0 Å². The van der Waals surface area contributed by atoms with E-state index in [0.29, 0.717) is 5.57 Å². The van der Waals surface area contributed by atoms with E-state index in [1.807, 2.05) is 0 Å². The molecule has 1 saturated carbocycles. The molecule has 0 radical (unpaired) electrons. The number of aliphatic imine (C=N–C) groups is 1. The van der Waals surface area contributed by atoms with Gasteiger partial charge in [-0.15, -0.1) is 0 Å². The molecule has 0 saturated heterocycles. The van der Waals surface area contributed by atoms with Crippen LogP contribution in [-0.4, -0.2) is 29.5 Å². The van der Waals surface area contributed by atoms with Gasteiger partial charge in [0.15, 0.2) is 0 Å². The van der Waals surface area contributed by atoms with Crippen molar-refractivity contribution in [3.8, 4) is 0 Å². The Morgan fingerprint density at radius 1 is 1.56 bits per heavy atom. The topological polar surface area (TPSA) is 58.9 Å². The van der Waals surface area contributed by atoms with Crippen LogP contribution < -0.4 is 0 Å². The van der Waals surface area contributed by atoms with Crippen LogP contribution in [0.1, 0.15) is 26.2 Å². The number of carbonyl (C=O) groups is 1. The molecule has 1 fully saturated rings. The van der Waals surface area contributed by atoms with Crippen LogP contribution in [0.4, 0.5) is 0 Å². The Balaban J connectivity index is 2.54. The molecule has 0 aliphatic heterocycles. The first-order chi connectivity index (χ1) is 7.49. The Morgan fingerprint density at radius 3 is 2.62 bits per heavy atom. The molecule has 4 nitrogen and oxygen atoms in total. The van der Waals surface area contributed by atoms with Crippen LogP contribution in [0.5, 0.6) is 0 Å². The predicted octanol–water partition coefficient (Wildman–Crippen LogP) is 1.61. The molecule has 0 aromatic carbocycles. The maximum Gasteiger partial charge on any atom is 0.352 e. The Morgan fingerprint density at radius 2 is 2.19 bits per heavy atom. The van der Waals surface area contributed by atoms with Crippen molar-refractivity contribution in [2.45, 2.75) is 31.8 Å². The monoisotopic (exact) mass is 223 g/mol. The minimum atomic E-state index is -0.759. The largest absolute Gasteiger partial charge is 0.465 e. The molecule has 1 aliphatic carbocycles. The summed E-state index contributed by atoms with van der Waals surface area (Å²) >= 11 is 0. The van der Waals surface area contributed by atoms with Gasteiger partial charge in [0.25, 0.3) is 0 Å². The van der Waals surface area contributed by atoms with E-state index >= 15 is 0 Å². The Bertz CT molecular complexity index is 351. The number of hydrogen-bond acceptors (Lipinski definition) is 4. The van der Waals surface area contributed by atoms with Crippen molar-refractivity contribution in [1.82, 2.24) is 0 Å². The van der Waals surface area contributed by atoms with Crippen LogP contribution in [0.15, 0.2) is 29.4 Å². The molecule has 1 rings (SSSR count). The van der Waals surface area contributed by atoms with E-state index in [1.54, 1.807) is 13.0 Å². The van der Waals surface area contributed by atoms with E-state index in [1.165, 1.54) is 13.3 Å². The van der Waals surface area contributed by atoms with Crippen molar-refractivity contribution in [3.05, 3.63) is 24.4 Å². The van der Waals surface area contributed by atoms with Gasteiger partial charge in [-0.3, -0.25) is 4.99 Å². The maximum atomic E-state index is 11.0. The highest BCUT2D eigenvalue weighted by Crippen LogP contribution is 2.37. The third kappa shape index (κ3) is 2.79. The number of rotatable bonds is 4. The van der Waals surface area contributed by atoms with E-state index < -0.39 is 11.6 Å². The summed E-state index contributed by atoms with van der Waals surface area (Å²) in [5.74, 6) is -0.461. The van der Waals surface area contributed by atoms with E-state index in [0.717, 1.165) is 19.3 Å². The van der Waals surface area contributed by atoms with Crippen molar-refractivity contribution in [2.75, 3.05) is 7.11 Å². The summed E-state index contributed by atoms with van der Waals surface area (Å²) in [5, 5.41) is 9.91. The molecular formula is C12H17NO3. The molecule has 4 heteroatoms. The molecule has 0 heterocycles. The first kappa shape index (κ1) is 12.6. The third-order valence-corrected chi connectivity index (χ3v) is 2.80. The molecule has 0 aromatic heterocycles. The predicted molar refractivity (Wildman–Crippen MR) is 62.2 cm³/mol. The Labute approximate surface area is 95.3 Å². The van der Waals surface area contributed by atoms with Gasteiger partial charge >= 0.3 is 5.97 Å². The zero-order valence-corrected chi connectivity index (χ0v) is 9.69. The second-order valence-electron chi connectivity index (χ2n) is 3.93. The van der Waals surface area contributed by atoms with E-state index in [-0.39, 0.29) is 5.71 Å². The van der Waals surface area contributed by atoms with E-state index in [9.17, 15) is 9.90 Å².